The molecule has 2 nitrogen and oxygen atoms in total. The summed E-state index contributed by atoms with van der Waals surface area (Å²) in [5.41, 5.74) is 8.25. The molecule has 2 N–H and O–H groups in total. The van der Waals surface area contributed by atoms with Gasteiger partial charge in [0.2, 0.25) is 5.92 Å². The van der Waals surface area contributed by atoms with Crippen molar-refractivity contribution in [2.75, 3.05) is 6.54 Å². The van der Waals surface area contributed by atoms with Gasteiger partial charge in [0.15, 0.2) is 0 Å². The second-order valence-electron chi connectivity index (χ2n) is 6.37. The predicted octanol–water partition coefficient (Wildman–Crippen LogP) is 4.45. The maximum absolute atomic E-state index is 13.3. The second-order valence-corrected chi connectivity index (χ2v) is 6.37. The number of hydrogen-bond donors (Lipinski definition) is 1. The molecule has 0 radical (unpaired) electrons. The maximum Gasteiger partial charge on any atom is 0.245 e. The van der Waals surface area contributed by atoms with Crippen molar-refractivity contribution >= 4 is 0 Å². The highest BCUT2D eigenvalue weighted by molar-refractivity contribution is 5.17. The average Bonchev–Trinajstić information content (AvgIpc) is 2.56. The minimum absolute atomic E-state index is 0.0729. The molecule has 130 valence electrons. The third kappa shape index (κ3) is 6.38. The number of halogens is 2. The van der Waals surface area contributed by atoms with Gasteiger partial charge in [-0.1, -0.05) is 60.7 Å². The zero-order chi connectivity index (χ0) is 17.4. The summed E-state index contributed by atoms with van der Waals surface area (Å²) in [6.07, 6.45) is 0.245. The van der Waals surface area contributed by atoms with Gasteiger partial charge < -0.3 is 5.73 Å². The molecule has 2 rings (SSSR count). The Morgan fingerprint density at radius 3 is 1.75 bits per heavy atom. The number of alkyl halides is 2. The number of benzene rings is 2. The quantitative estimate of drug-likeness (QED) is 0.735. The van der Waals surface area contributed by atoms with E-state index in [2.05, 4.69) is 29.2 Å². The summed E-state index contributed by atoms with van der Waals surface area (Å²) in [6, 6.07) is 20.1. The molecule has 0 spiro atoms. The largest absolute Gasteiger partial charge is 0.329 e. The molecule has 1 unspecified atom stereocenters. The standard InChI is InChI=1S/C20H26F2N2/c1-20(21,22)13-12-19(14-23)24(15-17-8-4-2-5-9-17)16-18-10-6-3-7-11-18/h2-11,19H,12-16,23H2,1H3. The van der Waals surface area contributed by atoms with Gasteiger partial charge in [0.05, 0.1) is 0 Å². The summed E-state index contributed by atoms with van der Waals surface area (Å²) in [5, 5.41) is 0. The molecule has 0 bridgehead atoms. The number of nitrogens with two attached hydrogens (primary N) is 1. The molecule has 0 fully saturated rings. The van der Waals surface area contributed by atoms with Crippen LogP contribution >= 0.6 is 0 Å². The first-order chi connectivity index (χ1) is 11.5. The van der Waals surface area contributed by atoms with E-state index in [1.165, 1.54) is 0 Å². The van der Waals surface area contributed by atoms with Crippen molar-refractivity contribution in [1.82, 2.24) is 4.90 Å². The smallest absolute Gasteiger partial charge is 0.245 e. The Balaban J connectivity index is 2.13. The Kier molecular flexibility index (Phi) is 6.88. The van der Waals surface area contributed by atoms with Gasteiger partial charge in [0.1, 0.15) is 0 Å². The van der Waals surface area contributed by atoms with E-state index < -0.39 is 5.92 Å². The summed E-state index contributed by atoms with van der Waals surface area (Å²) >= 11 is 0. The minimum atomic E-state index is -2.65. The van der Waals surface area contributed by atoms with E-state index in [9.17, 15) is 8.78 Å². The highest BCUT2D eigenvalue weighted by Crippen LogP contribution is 2.23. The molecule has 0 aliphatic heterocycles. The van der Waals surface area contributed by atoms with Crippen LogP contribution in [0.4, 0.5) is 8.78 Å². The van der Waals surface area contributed by atoms with Crippen LogP contribution in [0, 0.1) is 0 Å². The van der Waals surface area contributed by atoms with Crippen molar-refractivity contribution in [2.24, 2.45) is 5.73 Å². The lowest BCUT2D eigenvalue weighted by molar-refractivity contribution is 0.00206. The molecular weight excluding hydrogens is 306 g/mol. The molecule has 4 heteroatoms. The Morgan fingerprint density at radius 1 is 0.917 bits per heavy atom. The lowest BCUT2D eigenvalue weighted by atomic mass is 10.0. The minimum Gasteiger partial charge on any atom is -0.329 e. The maximum atomic E-state index is 13.3. The topological polar surface area (TPSA) is 29.3 Å². The molecule has 0 amide bonds. The van der Waals surface area contributed by atoms with Crippen LogP contribution in [0.3, 0.4) is 0 Å². The van der Waals surface area contributed by atoms with Crippen LogP contribution in [-0.4, -0.2) is 23.4 Å². The normalized spacial score (nSPS) is 13.2. The third-order valence-corrected chi connectivity index (χ3v) is 4.16. The predicted molar refractivity (Wildman–Crippen MR) is 94.8 cm³/mol. The summed E-state index contributed by atoms with van der Waals surface area (Å²) in [7, 11) is 0. The number of nitrogens with zero attached hydrogens (tertiary/aromatic N) is 1. The fourth-order valence-corrected chi connectivity index (χ4v) is 2.82. The molecule has 0 aliphatic carbocycles. The van der Waals surface area contributed by atoms with Crippen LogP contribution < -0.4 is 5.73 Å². The summed E-state index contributed by atoms with van der Waals surface area (Å²) in [5.74, 6) is -2.65. The number of rotatable bonds is 9. The SMILES string of the molecule is CC(F)(F)CCC(CN)N(Cc1ccccc1)Cc1ccccc1. The molecule has 0 aliphatic rings. The molecule has 0 aromatic heterocycles. The summed E-state index contributed by atoms with van der Waals surface area (Å²) in [6.45, 7) is 2.74. The first-order valence-corrected chi connectivity index (χ1v) is 8.38. The molecule has 0 saturated carbocycles. The first-order valence-electron chi connectivity index (χ1n) is 8.38. The van der Waals surface area contributed by atoms with Crippen molar-refractivity contribution in [3.8, 4) is 0 Å². The summed E-state index contributed by atoms with van der Waals surface area (Å²) in [4.78, 5) is 2.20. The van der Waals surface area contributed by atoms with Crippen LogP contribution in [0.15, 0.2) is 60.7 Å². The fraction of sp³-hybridized carbons (Fsp3) is 0.400. The van der Waals surface area contributed by atoms with Crippen LogP contribution in [-0.2, 0) is 13.1 Å². The molecular formula is C20H26F2N2. The van der Waals surface area contributed by atoms with Crippen molar-refractivity contribution in [3.63, 3.8) is 0 Å². The van der Waals surface area contributed by atoms with E-state index in [-0.39, 0.29) is 12.5 Å². The van der Waals surface area contributed by atoms with E-state index in [4.69, 9.17) is 5.73 Å². The van der Waals surface area contributed by atoms with Gasteiger partial charge in [0.25, 0.3) is 0 Å². The van der Waals surface area contributed by atoms with Crippen LogP contribution in [0.2, 0.25) is 0 Å². The Morgan fingerprint density at radius 2 is 1.38 bits per heavy atom. The molecule has 0 heterocycles. The van der Waals surface area contributed by atoms with Gasteiger partial charge in [0, 0.05) is 32.1 Å². The Hall–Kier alpha value is -1.78. The van der Waals surface area contributed by atoms with Gasteiger partial charge >= 0.3 is 0 Å². The monoisotopic (exact) mass is 332 g/mol. The van der Waals surface area contributed by atoms with Gasteiger partial charge in [-0.3, -0.25) is 4.90 Å². The van der Waals surface area contributed by atoms with Crippen LogP contribution in [0.25, 0.3) is 0 Å². The van der Waals surface area contributed by atoms with Crippen molar-refractivity contribution in [2.45, 2.75) is 44.8 Å². The van der Waals surface area contributed by atoms with Crippen LogP contribution in [0.1, 0.15) is 30.9 Å². The van der Waals surface area contributed by atoms with Gasteiger partial charge in [-0.15, -0.1) is 0 Å². The second kappa shape index (κ2) is 8.90. The van der Waals surface area contributed by atoms with E-state index in [1.54, 1.807) is 0 Å². The fourth-order valence-electron chi connectivity index (χ4n) is 2.82. The Labute approximate surface area is 143 Å². The number of hydrogen-bond acceptors (Lipinski definition) is 2. The third-order valence-electron chi connectivity index (χ3n) is 4.16. The van der Waals surface area contributed by atoms with Gasteiger partial charge in [-0.05, 0) is 24.5 Å². The highest BCUT2D eigenvalue weighted by atomic mass is 19.3. The van der Waals surface area contributed by atoms with Crippen molar-refractivity contribution < 1.29 is 8.78 Å². The van der Waals surface area contributed by atoms with E-state index in [0.29, 0.717) is 26.1 Å². The Bertz CT molecular complexity index is 540. The lowest BCUT2D eigenvalue weighted by Crippen LogP contribution is -2.40. The first kappa shape index (κ1) is 18.6. The average molecular weight is 332 g/mol. The molecule has 2 aromatic carbocycles. The van der Waals surface area contributed by atoms with Gasteiger partial charge in [-0.2, -0.15) is 0 Å². The zero-order valence-corrected chi connectivity index (χ0v) is 14.2. The van der Waals surface area contributed by atoms with Crippen LogP contribution in [0.5, 0.6) is 0 Å². The van der Waals surface area contributed by atoms with Crippen molar-refractivity contribution in [3.05, 3.63) is 71.8 Å². The molecule has 24 heavy (non-hydrogen) atoms. The van der Waals surface area contributed by atoms with E-state index in [1.807, 2.05) is 36.4 Å². The zero-order valence-electron chi connectivity index (χ0n) is 14.2. The lowest BCUT2D eigenvalue weighted by Gasteiger charge is -2.32. The molecule has 2 aromatic rings. The van der Waals surface area contributed by atoms with Gasteiger partial charge in [-0.25, -0.2) is 8.78 Å². The highest BCUT2D eigenvalue weighted by Gasteiger charge is 2.25. The molecule has 1 atom stereocenters. The van der Waals surface area contributed by atoms with E-state index in [0.717, 1.165) is 18.1 Å². The van der Waals surface area contributed by atoms with E-state index >= 15 is 0 Å². The molecule has 0 saturated heterocycles. The van der Waals surface area contributed by atoms with Crippen molar-refractivity contribution in [1.29, 1.82) is 0 Å². The summed E-state index contributed by atoms with van der Waals surface area (Å²) < 4.78 is 26.6.